The standard InChI is InChI=1S/C15H24N2O3S/c1-4-5-6-11-16-15(18)12(2)17-13-7-9-14(10-8-13)21(3,19)20/h7-10,12,17H,4-6,11H2,1-3H3,(H,16,18). The molecule has 6 heteroatoms. The molecule has 2 N–H and O–H groups in total. The van der Waals surface area contributed by atoms with E-state index in [1.807, 2.05) is 0 Å². The van der Waals surface area contributed by atoms with E-state index >= 15 is 0 Å². The van der Waals surface area contributed by atoms with Crippen molar-refractivity contribution in [1.29, 1.82) is 0 Å². The molecule has 0 aromatic heterocycles. The summed E-state index contributed by atoms with van der Waals surface area (Å²) in [4.78, 5) is 12.1. The minimum absolute atomic E-state index is 0.0571. The SMILES string of the molecule is CCCCCNC(=O)C(C)Nc1ccc(S(C)(=O)=O)cc1. The maximum Gasteiger partial charge on any atom is 0.242 e. The van der Waals surface area contributed by atoms with Gasteiger partial charge in [-0.1, -0.05) is 19.8 Å². The zero-order chi connectivity index (χ0) is 15.9. The lowest BCUT2D eigenvalue weighted by molar-refractivity contribution is -0.121. The summed E-state index contributed by atoms with van der Waals surface area (Å²) in [6.45, 7) is 4.58. The predicted molar refractivity (Wildman–Crippen MR) is 85.2 cm³/mol. The van der Waals surface area contributed by atoms with Crippen LogP contribution in [0.25, 0.3) is 0 Å². The topological polar surface area (TPSA) is 75.3 Å². The van der Waals surface area contributed by atoms with Crippen LogP contribution in [0.2, 0.25) is 0 Å². The molecule has 0 aliphatic carbocycles. The Labute approximate surface area is 127 Å². The van der Waals surface area contributed by atoms with Crippen LogP contribution in [0.15, 0.2) is 29.2 Å². The summed E-state index contributed by atoms with van der Waals surface area (Å²) in [5.74, 6) is -0.0571. The Morgan fingerprint density at radius 1 is 1.19 bits per heavy atom. The molecule has 0 heterocycles. The number of carbonyl (C=O) groups is 1. The van der Waals surface area contributed by atoms with Crippen LogP contribution >= 0.6 is 0 Å². The van der Waals surface area contributed by atoms with Crippen LogP contribution in [0.5, 0.6) is 0 Å². The van der Waals surface area contributed by atoms with E-state index in [4.69, 9.17) is 0 Å². The van der Waals surface area contributed by atoms with Crippen molar-refractivity contribution in [2.45, 2.75) is 44.0 Å². The average Bonchev–Trinajstić information content (AvgIpc) is 2.43. The highest BCUT2D eigenvalue weighted by Crippen LogP contribution is 2.14. The predicted octanol–water partition coefficient (Wildman–Crippen LogP) is 2.20. The molecule has 0 saturated heterocycles. The molecule has 1 aromatic rings. The number of rotatable bonds is 8. The Balaban J connectivity index is 2.50. The van der Waals surface area contributed by atoms with Gasteiger partial charge in [0.25, 0.3) is 0 Å². The molecule has 1 atom stereocenters. The summed E-state index contributed by atoms with van der Waals surface area (Å²) in [5, 5.41) is 5.93. The van der Waals surface area contributed by atoms with Gasteiger partial charge in [0.05, 0.1) is 4.90 Å². The molecule has 21 heavy (non-hydrogen) atoms. The van der Waals surface area contributed by atoms with Crippen molar-refractivity contribution in [2.24, 2.45) is 0 Å². The molecule has 0 bridgehead atoms. The molecule has 1 rings (SSSR count). The van der Waals surface area contributed by atoms with E-state index in [-0.39, 0.29) is 16.8 Å². The van der Waals surface area contributed by atoms with Crippen LogP contribution in [0.1, 0.15) is 33.1 Å². The fourth-order valence-electron chi connectivity index (χ4n) is 1.85. The zero-order valence-corrected chi connectivity index (χ0v) is 13.7. The summed E-state index contributed by atoms with van der Waals surface area (Å²) in [6, 6.07) is 6.03. The van der Waals surface area contributed by atoms with Gasteiger partial charge in [0.2, 0.25) is 5.91 Å². The van der Waals surface area contributed by atoms with E-state index in [1.165, 1.54) is 18.4 Å². The van der Waals surface area contributed by atoms with Crippen molar-refractivity contribution < 1.29 is 13.2 Å². The van der Waals surface area contributed by atoms with E-state index in [2.05, 4.69) is 17.6 Å². The van der Waals surface area contributed by atoms with E-state index in [1.54, 1.807) is 19.1 Å². The second-order valence-electron chi connectivity index (χ2n) is 5.16. The summed E-state index contributed by atoms with van der Waals surface area (Å²) >= 11 is 0. The molecule has 1 aromatic carbocycles. The third-order valence-corrected chi connectivity index (χ3v) is 4.27. The van der Waals surface area contributed by atoms with Crippen molar-refractivity contribution in [3.8, 4) is 0 Å². The Bertz CT molecular complexity index is 553. The Kier molecular flexibility index (Phi) is 6.68. The summed E-state index contributed by atoms with van der Waals surface area (Å²) in [5.41, 5.74) is 0.721. The molecule has 5 nitrogen and oxygen atoms in total. The number of hydrogen-bond donors (Lipinski definition) is 2. The van der Waals surface area contributed by atoms with E-state index in [0.29, 0.717) is 6.54 Å². The van der Waals surface area contributed by atoms with Gasteiger partial charge in [0.1, 0.15) is 6.04 Å². The smallest absolute Gasteiger partial charge is 0.242 e. The van der Waals surface area contributed by atoms with Gasteiger partial charge in [0, 0.05) is 18.5 Å². The molecule has 0 aliphatic heterocycles. The van der Waals surface area contributed by atoms with Crippen LogP contribution < -0.4 is 10.6 Å². The lowest BCUT2D eigenvalue weighted by Gasteiger charge is -2.15. The Hall–Kier alpha value is -1.56. The molecule has 0 aliphatic rings. The second kappa shape index (κ2) is 8.02. The number of anilines is 1. The molecule has 118 valence electrons. The van der Waals surface area contributed by atoms with Gasteiger partial charge < -0.3 is 10.6 Å². The molecule has 0 spiro atoms. The fraction of sp³-hybridized carbons (Fsp3) is 0.533. The number of benzene rings is 1. The van der Waals surface area contributed by atoms with Gasteiger partial charge >= 0.3 is 0 Å². The van der Waals surface area contributed by atoms with Gasteiger partial charge in [-0.2, -0.15) is 0 Å². The molecule has 0 fully saturated rings. The first-order valence-corrected chi connectivity index (χ1v) is 9.08. The summed E-state index contributed by atoms with van der Waals surface area (Å²) in [7, 11) is -3.19. The molecule has 0 radical (unpaired) electrons. The normalized spacial score (nSPS) is 12.7. The van der Waals surface area contributed by atoms with Gasteiger partial charge in [-0.15, -0.1) is 0 Å². The summed E-state index contributed by atoms with van der Waals surface area (Å²) in [6.07, 6.45) is 4.38. The number of nitrogens with one attached hydrogen (secondary N) is 2. The van der Waals surface area contributed by atoms with Crippen molar-refractivity contribution >= 4 is 21.4 Å². The first-order valence-electron chi connectivity index (χ1n) is 7.19. The fourth-order valence-corrected chi connectivity index (χ4v) is 2.48. The van der Waals surface area contributed by atoms with Crippen LogP contribution in [0, 0.1) is 0 Å². The maximum absolute atomic E-state index is 11.9. The molecule has 1 unspecified atom stereocenters. The lowest BCUT2D eigenvalue weighted by Crippen LogP contribution is -2.38. The largest absolute Gasteiger partial charge is 0.374 e. The highest BCUT2D eigenvalue weighted by molar-refractivity contribution is 7.90. The number of unbranched alkanes of at least 4 members (excludes halogenated alkanes) is 2. The van der Waals surface area contributed by atoms with Gasteiger partial charge in [-0.05, 0) is 37.6 Å². The third-order valence-electron chi connectivity index (χ3n) is 3.14. The number of carbonyl (C=O) groups excluding carboxylic acids is 1. The maximum atomic E-state index is 11.9. The number of hydrogen-bond acceptors (Lipinski definition) is 4. The van der Waals surface area contributed by atoms with Crippen LogP contribution in [0.4, 0.5) is 5.69 Å². The second-order valence-corrected chi connectivity index (χ2v) is 7.18. The van der Waals surface area contributed by atoms with Crippen LogP contribution in [0.3, 0.4) is 0 Å². The highest BCUT2D eigenvalue weighted by atomic mass is 32.2. The van der Waals surface area contributed by atoms with Crippen molar-refractivity contribution in [3.63, 3.8) is 0 Å². The van der Waals surface area contributed by atoms with Gasteiger partial charge in [0.15, 0.2) is 9.84 Å². The Morgan fingerprint density at radius 3 is 2.33 bits per heavy atom. The summed E-state index contributed by atoms with van der Waals surface area (Å²) < 4.78 is 22.7. The first kappa shape index (κ1) is 17.5. The van der Waals surface area contributed by atoms with E-state index in [0.717, 1.165) is 24.9 Å². The van der Waals surface area contributed by atoms with Gasteiger partial charge in [-0.25, -0.2) is 8.42 Å². The van der Waals surface area contributed by atoms with Crippen LogP contribution in [-0.2, 0) is 14.6 Å². The lowest BCUT2D eigenvalue weighted by atomic mass is 10.2. The van der Waals surface area contributed by atoms with Gasteiger partial charge in [-0.3, -0.25) is 4.79 Å². The molecule has 1 amide bonds. The zero-order valence-electron chi connectivity index (χ0n) is 12.8. The minimum atomic E-state index is -3.19. The number of amides is 1. The molecular weight excluding hydrogens is 288 g/mol. The first-order chi connectivity index (χ1) is 9.84. The van der Waals surface area contributed by atoms with Crippen molar-refractivity contribution in [3.05, 3.63) is 24.3 Å². The average molecular weight is 312 g/mol. The molecule has 0 saturated carbocycles. The van der Waals surface area contributed by atoms with E-state index in [9.17, 15) is 13.2 Å². The monoisotopic (exact) mass is 312 g/mol. The molecular formula is C15H24N2O3S. The highest BCUT2D eigenvalue weighted by Gasteiger charge is 2.12. The van der Waals surface area contributed by atoms with Crippen molar-refractivity contribution in [2.75, 3.05) is 18.1 Å². The van der Waals surface area contributed by atoms with Crippen LogP contribution in [-0.4, -0.2) is 33.2 Å². The van der Waals surface area contributed by atoms with Crippen molar-refractivity contribution in [1.82, 2.24) is 5.32 Å². The quantitative estimate of drug-likeness (QED) is 0.722. The Morgan fingerprint density at radius 2 is 1.81 bits per heavy atom. The minimum Gasteiger partial charge on any atom is -0.374 e. The number of sulfone groups is 1. The van der Waals surface area contributed by atoms with E-state index < -0.39 is 9.84 Å². The third kappa shape index (κ3) is 6.16.